The predicted molar refractivity (Wildman–Crippen MR) is 121 cm³/mol. The van der Waals surface area contributed by atoms with E-state index in [9.17, 15) is 9.90 Å². The predicted octanol–water partition coefficient (Wildman–Crippen LogP) is 4.58. The first kappa shape index (κ1) is 20.0. The van der Waals surface area contributed by atoms with E-state index in [4.69, 9.17) is 4.74 Å². The monoisotopic (exact) mass is 596 g/mol. The lowest BCUT2D eigenvalue weighted by Crippen LogP contribution is -2.26. The van der Waals surface area contributed by atoms with Crippen LogP contribution in [0.5, 0.6) is 5.75 Å². The Bertz CT molecular complexity index is 880. The van der Waals surface area contributed by atoms with Crippen molar-refractivity contribution in [3.8, 4) is 5.75 Å². The molecular weight excluding hydrogens is 578 g/mol. The molecule has 5 nitrogen and oxygen atoms in total. The fourth-order valence-corrected chi connectivity index (χ4v) is 5.98. The molecule has 2 heterocycles. The maximum absolute atomic E-state index is 12.5. The van der Waals surface area contributed by atoms with Crippen molar-refractivity contribution in [3.05, 3.63) is 40.8 Å². The number of aliphatic imine (C=N–C) groups is 1. The number of ether oxygens (including phenoxy) is 1. The van der Waals surface area contributed by atoms with Gasteiger partial charge in [-0.15, -0.1) is 11.3 Å². The van der Waals surface area contributed by atoms with Crippen molar-refractivity contribution in [2.45, 2.75) is 19.9 Å². The van der Waals surface area contributed by atoms with Gasteiger partial charge in [-0.1, -0.05) is 0 Å². The van der Waals surface area contributed by atoms with Gasteiger partial charge in [0.2, 0.25) is 0 Å². The Labute approximate surface area is 183 Å². The highest BCUT2D eigenvalue weighted by Crippen LogP contribution is 2.39. The molecule has 0 saturated heterocycles. The highest BCUT2D eigenvalue weighted by Gasteiger charge is 2.27. The molecule has 3 rings (SSSR count). The van der Waals surface area contributed by atoms with Gasteiger partial charge in [-0.25, -0.2) is 9.79 Å². The molecule has 0 bridgehead atoms. The SMILES string of the molecule is CCOC(=O)c1c(N=Cc2cc(I)cc(I)c2O)sc2c1CCN(C)C2. The summed E-state index contributed by atoms with van der Waals surface area (Å²) >= 11 is 5.83. The molecule has 0 amide bonds. The molecule has 0 aliphatic carbocycles. The number of fused-ring (bicyclic) bond motifs is 1. The fourth-order valence-electron chi connectivity index (χ4n) is 2.83. The third kappa shape index (κ3) is 4.23. The standard InChI is InChI=1S/C18H18I2N2O3S/c1-3-25-18(24)15-12-4-5-22(2)9-14(12)26-17(15)21-8-10-6-11(19)7-13(20)16(10)23/h6-8,23H,3-5,9H2,1-2H3. The number of benzene rings is 1. The average Bonchev–Trinajstić information content (AvgIpc) is 2.94. The van der Waals surface area contributed by atoms with Crippen molar-refractivity contribution in [2.75, 3.05) is 20.2 Å². The summed E-state index contributed by atoms with van der Waals surface area (Å²) in [5.74, 6) is -0.114. The Morgan fingerprint density at radius 2 is 2.23 bits per heavy atom. The van der Waals surface area contributed by atoms with Gasteiger partial charge in [0.25, 0.3) is 0 Å². The summed E-state index contributed by atoms with van der Waals surface area (Å²) in [5.41, 5.74) is 2.27. The lowest BCUT2D eigenvalue weighted by molar-refractivity contribution is 0.0526. The number of carbonyl (C=O) groups is 1. The minimum absolute atomic E-state index is 0.202. The Kier molecular flexibility index (Phi) is 6.57. The first-order chi connectivity index (χ1) is 12.4. The van der Waals surface area contributed by atoms with Gasteiger partial charge in [0.1, 0.15) is 10.8 Å². The summed E-state index contributed by atoms with van der Waals surface area (Å²) in [6, 6.07) is 3.77. The van der Waals surface area contributed by atoms with Gasteiger partial charge in [0.05, 0.1) is 15.7 Å². The van der Waals surface area contributed by atoms with Gasteiger partial charge in [0, 0.05) is 33.3 Å². The Balaban J connectivity index is 2.03. The topological polar surface area (TPSA) is 62.1 Å². The van der Waals surface area contributed by atoms with Gasteiger partial charge in [-0.2, -0.15) is 0 Å². The van der Waals surface area contributed by atoms with Gasteiger partial charge in [-0.05, 0) is 83.3 Å². The van der Waals surface area contributed by atoms with Crippen molar-refractivity contribution in [2.24, 2.45) is 4.99 Å². The first-order valence-electron chi connectivity index (χ1n) is 8.13. The van der Waals surface area contributed by atoms with Crippen LogP contribution in [0.2, 0.25) is 0 Å². The molecule has 0 radical (unpaired) electrons. The van der Waals surface area contributed by atoms with Crippen molar-refractivity contribution < 1.29 is 14.6 Å². The van der Waals surface area contributed by atoms with Gasteiger partial charge < -0.3 is 14.7 Å². The number of hydrogen-bond donors (Lipinski definition) is 1. The zero-order valence-corrected chi connectivity index (χ0v) is 19.5. The molecule has 0 saturated carbocycles. The molecule has 1 aliphatic rings. The third-order valence-corrected chi connectivity index (χ3v) is 6.66. The summed E-state index contributed by atoms with van der Waals surface area (Å²) < 4.78 is 7.05. The molecule has 1 aromatic carbocycles. The zero-order chi connectivity index (χ0) is 18.8. The van der Waals surface area contributed by atoms with E-state index < -0.39 is 0 Å². The molecule has 0 spiro atoms. The number of phenols is 1. The van der Waals surface area contributed by atoms with Crippen molar-refractivity contribution in [3.63, 3.8) is 0 Å². The largest absolute Gasteiger partial charge is 0.506 e. The van der Waals surface area contributed by atoms with Crippen LogP contribution < -0.4 is 0 Å². The fraction of sp³-hybridized carbons (Fsp3) is 0.333. The van der Waals surface area contributed by atoms with E-state index in [1.54, 1.807) is 13.1 Å². The number of nitrogens with zero attached hydrogens (tertiary/aromatic N) is 2. The Morgan fingerprint density at radius 3 is 2.96 bits per heavy atom. The van der Waals surface area contributed by atoms with Gasteiger partial charge in [0.15, 0.2) is 0 Å². The van der Waals surface area contributed by atoms with Gasteiger partial charge in [-0.3, -0.25) is 0 Å². The average molecular weight is 596 g/mol. The molecular formula is C18H18I2N2O3S. The number of halogens is 2. The quantitative estimate of drug-likeness (QED) is 0.319. The summed E-state index contributed by atoms with van der Waals surface area (Å²) in [6.45, 7) is 3.87. The van der Waals surface area contributed by atoms with E-state index in [2.05, 4.69) is 62.1 Å². The van der Waals surface area contributed by atoms with Crippen LogP contribution in [0.25, 0.3) is 0 Å². The minimum atomic E-state index is -0.317. The molecule has 1 aliphatic heterocycles. The maximum Gasteiger partial charge on any atom is 0.341 e. The molecule has 1 aromatic heterocycles. The van der Waals surface area contributed by atoms with Crippen LogP contribution in [-0.4, -0.2) is 42.4 Å². The van der Waals surface area contributed by atoms with E-state index >= 15 is 0 Å². The maximum atomic E-state index is 12.5. The summed E-state index contributed by atoms with van der Waals surface area (Å²) in [7, 11) is 2.07. The second-order valence-corrected chi connectivity index (χ2v) is 9.47. The molecule has 0 fully saturated rings. The molecule has 0 unspecified atom stereocenters. The number of phenolic OH excluding ortho intramolecular Hbond substituents is 1. The van der Waals surface area contributed by atoms with Crippen molar-refractivity contribution >= 4 is 73.7 Å². The Morgan fingerprint density at radius 1 is 1.46 bits per heavy atom. The highest BCUT2D eigenvalue weighted by molar-refractivity contribution is 14.1. The molecule has 8 heteroatoms. The number of likely N-dealkylation sites (N-methyl/N-ethyl adjacent to an activating group) is 1. The number of aromatic hydroxyl groups is 1. The number of esters is 1. The lowest BCUT2D eigenvalue weighted by Gasteiger charge is -2.22. The van der Waals surface area contributed by atoms with E-state index in [0.29, 0.717) is 22.7 Å². The highest BCUT2D eigenvalue weighted by atomic mass is 127. The van der Waals surface area contributed by atoms with E-state index in [0.717, 1.165) is 37.1 Å². The van der Waals surface area contributed by atoms with Crippen LogP contribution in [0.4, 0.5) is 5.00 Å². The van der Waals surface area contributed by atoms with E-state index in [-0.39, 0.29) is 11.7 Å². The lowest BCUT2D eigenvalue weighted by atomic mass is 10.0. The van der Waals surface area contributed by atoms with Crippen molar-refractivity contribution in [1.82, 2.24) is 4.90 Å². The van der Waals surface area contributed by atoms with Crippen LogP contribution in [0.15, 0.2) is 17.1 Å². The molecule has 2 aromatic rings. The number of carbonyl (C=O) groups excluding carboxylic acids is 1. The van der Waals surface area contributed by atoms with Crippen LogP contribution in [-0.2, 0) is 17.7 Å². The Hall–Kier alpha value is -0.720. The first-order valence-corrected chi connectivity index (χ1v) is 11.1. The molecule has 26 heavy (non-hydrogen) atoms. The van der Waals surface area contributed by atoms with Crippen LogP contribution >= 0.6 is 56.5 Å². The summed E-state index contributed by atoms with van der Waals surface area (Å²) in [6.07, 6.45) is 2.45. The van der Waals surface area contributed by atoms with E-state index in [1.807, 2.05) is 12.1 Å². The van der Waals surface area contributed by atoms with Crippen LogP contribution in [0.3, 0.4) is 0 Å². The minimum Gasteiger partial charge on any atom is -0.506 e. The smallest absolute Gasteiger partial charge is 0.341 e. The van der Waals surface area contributed by atoms with E-state index in [1.165, 1.54) is 11.3 Å². The van der Waals surface area contributed by atoms with Gasteiger partial charge >= 0.3 is 5.97 Å². The van der Waals surface area contributed by atoms with Crippen molar-refractivity contribution in [1.29, 1.82) is 0 Å². The summed E-state index contributed by atoms with van der Waals surface area (Å²) in [4.78, 5) is 20.5. The van der Waals surface area contributed by atoms with Crippen LogP contribution in [0, 0.1) is 7.14 Å². The molecule has 138 valence electrons. The number of hydrogen-bond acceptors (Lipinski definition) is 6. The normalized spacial score (nSPS) is 14.6. The molecule has 1 N–H and O–H groups in total. The number of thiophene rings is 1. The second-order valence-electron chi connectivity index (χ2n) is 5.98. The molecule has 0 atom stereocenters. The zero-order valence-electron chi connectivity index (χ0n) is 14.4. The summed E-state index contributed by atoms with van der Waals surface area (Å²) in [5, 5.41) is 10.9. The second kappa shape index (κ2) is 8.53. The third-order valence-electron chi connectivity index (χ3n) is 4.09. The van der Waals surface area contributed by atoms with Crippen LogP contribution in [0.1, 0.15) is 33.3 Å². The number of rotatable bonds is 4.